The number of fused-ring (bicyclic) bond motifs is 1. The first-order valence-electron chi connectivity index (χ1n) is 11.6. The van der Waals surface area contributed by atoms with Crippen molar-refractivity contribution in [2.45, 2.75) is 32.4 Å². The third kappa shape index (κ3) is 4.40. The van der Waals surface area contributed by atoms with Crippen molar-refractivity contribution in [2.24, 2.45) is 0 Å². The molecule has 2 aromatic carbocycles. The zero-order valence-electron chi connectivity index (χ0n) is 19.7. The Hall–Kier alpha value is -3.68. The molecule has 5 rings (SSSR count). The van der Waals surface area contributed by atoms with Crippen LogP contribution < -0.4 is 0 Å². The first kappa shape index (κ1) is 23.1. The molecule has 0 radical (unpaired) electrons. The summed E-state index contributed by atoms with van der Waals surface area (Å²) in [6.07, 6.45) is 1.64. The highest BCUT2D eigenvalue weighted by Gasteiger charge is 2.36. The van der Waals surface area contributed by atoms with Gasteiger partial charge < -0.3 is 9.64 Å². The number of rotatable bonds is 4. The molecule has 3 aromatic rings. The van der Waals surface area contributed by atoms with Crippen molar-refractivity contribution in [2.75, 3.05) is 32.8 Å². The number of morpholine rings is 1. The van der Waals surface area contributed by atoms with E-state index in [0.717, 1.165) is 28.9 Å². The molecule has 35 heavy (non-hydrogen) atoms. The molecule has 0 saturated carbocycles. The lowest BCUT2D eigenvalue weighted by atomic mass is 9.98. The first-order valence-corrected chi connectivity index (χ1v) is 11.6. The maximum absolute atomic E-state index is 13.9. The number of carbonyl (C=O) groups is 1. The van der Waals surface area contributed by atoms with E-state index in [1.54, 1.807) is 24.0 Å². The van der Waals surface area contributed by atoms with Crippen LogP contribution in [0.25, 0.3) is 10.5 Å². The van der Waals surface area contributed by atoms with Gasteiger partial charge in [-0.15, -0.1) is 5.10 Å². The minimum atomic E-state index is -0.499. The van der Waals surface area contributed by atoms with E-state index in [1.165, 1.54) is 6.07 Å². The average Bonchev–Trinajstić information content (AvgIpc) is 3.40. The van der Waals surface area contributed by atoms with Crippen LogP contribution in [0.15, 0.2) is 36.7 Å². The average molecular weight is 476 g/mol. The molecule has 0 N–H and O–H groups in total. The summed E-state index contributed by atoms with van der Waals surface area (Å²) in [6, 6.07) is 8.98. The molecule has 0 unspecified atom stereocenters. The third-order valence-electron chi connectivity index (χ3n) is 7.08. The maximum Gasteiger partial charge on any atom is 0.227 e. The number of hydrogen-bond acceptors (Lipinski definition) is 6. The van der Waals surface area contributed by atoms with E-state index in [0.29, 0.717) is 38.2 Å². The number of benzene rings is 2. The van der Waals surface area contributed by atoms with Crippen molar-refractivity contribution in [3.05, 3.63) is 76.1 Å². The van der Waals surface area contributed by atoms with E-state index >= 15 is 0 Å². The summed E-state index contributed by atoms with van der Waals surface area (Å²) in [6.45, 7) is 14.1. The van der Waals surface area contributed by atoms with Crippen molar-refractivity contribution in [1.82, 2.24) is 30.0 Å². The number of aromatic nitrogens is 4. The highest BCUT2D eigenvalue weighted by molar-refractivity contribution is 5.79. The normalized spacial score (nSPS) is 20.3. The Morgan fingerprint density at radius 1 is 1.20 bits per heavy atom. The summed E-state index contributed by atoms with van der Waals surface area (Å²) in [5.74, 6) is -0.416. The van der Waals surface area contributed by atoms with Gasteiger partial charge in [0.05, 0.1) is 37.4 Å². The topological polar surface area (TPSA) is 80.7 Å². The summed E-state index contributed by atoms with van der Waals surface area (Å²) in [4.78, 5) is 20.8. The number of nitrogens with zero attached hydrogens (tertiary/aromatic N) is 7. The minimum Gasteiger partial charge on any atom is -0.371 e. The predicted molar refractivity (Wildman–Crippen MR) is 126 cm³/mol. The molecule has 0 bridgehead atoms. The Labute approximate surface area is 202 Å². The molecule has 2 aliphatic heterocycles. The van der Waals surface area contributed by atoms with Crippen LogP contribution in [-0.2, 0) is 16.0 Å². The Morgan fingerprint density at radius 2 is 2.06 bits per heavy atom. The fourth-order valence-corrected chi connectivity index (χ4v) is 5.02. The molecular weight excluding hydrogens is 449 g/mol. The zero-order chi connectivity index (χ0) is 24.5. The van der Waals surface area contributed by atoms with E-state index in [2.05, 4.69) is 25.3 Å². The summed E-state index contributed by atoms with van der Waals surface area (Å²) in [5, 5.41) is 11.3. The highest BCUT2D eigenvalue weighted by Crippen LogP contribution is 2.34. The second-order valence-electron chi connectivity index (χ2n) is 9.02. The van der Waals surface area contributed by atoms with Gasteiger partial charge in [0.2, 0.25) is 11.6 Å². The number of hydrogen-bond donors (Lipinski definition) is 0. The minimum absolute atomic E-state index is 0.0584. The van der Waals surface area contributed by atoms with E-state index in [1.807, 2.05) is 30.0 Å². The number of carbonyl (C=O) groups excluding carboxylic acids is 1. The summed E-state index contributed by atoms with van der Waals surface area (Å²) in [5.41, 5.74) is 4.33. The fourth-order valence-electron chi connectivity index (χ4n) is 5.02. The molecule has 2 fully saturated rings. The van der Waals surface area contributed by atoms with Crippen molar-refractivity contribution in [1.29, 1.82) is 0 Å². The predicted octanol–water partition coefficient (Wildman–Crippen LogP) is 2.80. The van der Waals surface area contributed by atoms with Gasteiger partial charge in [-0.3, -0.25) is 9.69 Å². The van der Waals surface area contributed by atoms with Gasteiger partial charge in [-0.1, -0.05) is 18.2 Å². The summed E-state index contributed by atoms with van der Waals surface area (Å²) in [7, 11) is 0. The van der Waals surface area contributed by atoms with Crippen molar-refractivity contribution < 1.29 is 13.9 Å². The SMILES string of the molecule is [C-]#[N+]c1c(F)ccc([C@@H]2CN3CCN(C(=O)Cc4cccc(-n5cnnn5)c4C)C[C@@H]3CO2)c1C. The fraction of sp³-hybridized carbons (Fsp3) is 0.400. The van der Waals surface area contributed by atoms with E-state index in [4.69, 9.17) is 11.3 Å². The summed E-state index contributed by atoms with van der Waals surface area (Å²) < 4.78 is 21.7. The van der Waals surface area contributed by atoms with Gasteiger partial charge in [0.25, 0.3) is 0 Å². The van der Waals surface area contributed by atoms with Crippen LogP contribution in [0.4, 0.5) is 10.1 Å². The molecule has 0 spiro atoms. The first-order chi connectivity index (χ1) is 17.0. The molecule has 1 amide bonds. The van der Waals surface area contributed by atoms with Gasteiger partial charge >= 0.3 is 0 Å². The molecule has 10 heteroatoms. The molecule has 180 valence electrons. The van der Waals surface area contributed by atoms with Gasteiger partial charge in [-0.25, -0.2) is 13.9 Å². The number of ether oxygens (including phenoxy) is 1. The Morgan fingerprint density at radius 3 is 2.83 bits per heavy atom. The van der Waals surface area contributed by atoms with Crippen LogP contribution in [0.1, 0.15) is 28.4 Å². The molecular formula is C25H26FN7O2. The van der Waals surface area contributed by atoms with E-state index in [9.17, 15) is 9.18 Å². The van der Waals surface area contributed by atoms with Gasteiger partial charge in [0, 0.05) is 26.2 Å². The number of piperazine rings is 1. The molecule has 2 saturated heterocycles. The molecule has 3 heterocycles. The monoisotopic (exact) mass is 475 g/mol. The molecule has 0 aliphatic carbocycles. The van der Waals surface area contributed by atoms with Crippen molar-refractivity contribution in [3.8, 4) is 5.69 Å². The second kappa shape index (κ2) is 9.52. The van der Waals surface area contributed by atoms with Gasteiger partial charge in [-0.05, 0) is 58.7 Å². The van der Waals surface area contributed by atoms with Crippen LogP contribution in [0.3, 0.4) is 0 Å². The quantitative estimate of drug-likeness (QED) is 0.540. The molecule has 1 aromatic heterocycles. The second-order valence-corrected chi connectivity index (χ2v) is 9.02. The molecule has 2 atom stereocenters. The van der Waals surface area contributed by atoms with Crippen LogP contribution in [0.5, 0.6) is 0 Å². The lowest BCUT2D eigenvalue weighted by molar-refractivity contribution is -0.139. The summed E-state index contributed by atoms with van der Waals surface area (Å²) >= 11 is 0. The van der Waals surface area contributed by atoms with E-state index < -0.39 is 5.82 Å². The molecule has 2 aliphatic rings. The van der Waals surface area contributed by atoms with Gasteiger partial charge in [0.1, 0.15) is 12.1 Å². The van der Waals surface area contributed by atoms with Crippen molar-refractivity contribution >= 4 is 11.6 Å². The van der Waals surface area contributed by atoms with Crippen LogP contribution in [-0.4, -0.2) is 74.7 Å². The van der Waals surface area contributed by atoms with Gasteiger partial charge in [-0.2, -0.15) is 0 Å². The lowest BCUT2D eigenvalue weighted by Crippen LogP contribution is -2.59. The Balaban J connectivity index is 1.24. The largest absolute Gasteiger partial charge is 0.371 e. The van der Waals surface area contributed by atoms with Crippen LogP contribution >= 0.6 is 0 Å². The van der Waals surface area contributed by atoms with Gasteiger partial charge in [0.15, 0.2) is 0 Å². The molecule has 9 nitrogen and oxygen atoms in total. The van der Waals surface area contributed by atoms with E-state index in [-0.39, 0.29) is 23.7 Å². The third-order valence-corrected chi connectivity index (χ3v) is 7.08. The number of amides is 1. The number of tetrazole rings is 1. The van der Waals surface area contributed by atoms with Crippen LogP contribution in [0, 0.1) is 26.2 Å². The Kier molecular flexibility index (Phi) is 6.28. The Bertz CT molecular complexity index is 1290. The zero-order valence-corrected chi connectivity index (χ0v) is 19.7. The highest BCUT2D eigenvalue weighted by atomic mass is 19.1. The standard InChI is InChI=1S/C25H26FN7O2/c1-16-18(5-4-6-22(16)33-15-28-29-30-33)11-24(34)32-10-9-31-13-23(35-14-19(31)12-32)20-7-8-21(26)25(27-3)17(20)2/h4-8,15,19,23H,9-14H2,1-2H3/t19-,23+/m1/s1. The van der Waals surface area contributed by atoms with Crippen molar-refractivity contribution in [3.63, 3.8) is 0 Å². The number of halogens is 1. The smallest absolute Gasteiger partial charge is 0.227 e. The lowest BCUT2D eigenvalue weighted by Gasteiger charge is -2.46. The maximum atomic E-state index is 13.9. The van der Waals surface area contributed by atoms with Crippen LogP contribution in [0.2, 0.25) is 0 Å².